The fraction of sp³-hybridized carbons (Fsp3) is 0.667. The Balaban J connectivity index is 1.45. The monoisotopic (exact) mass is 410 g/mol. The van der Waals surface area contributed by atoms with E-state index in [-0.39, 0.29) is 12.0 Å². The van der Waals surface area contributed by atoms with Crippen LogP contribution in [0.3, 0.4) is 0 Å². The zero-order valence-corrected chi connectivity index (χ0v) is 17.5. The van der Waals surface area contributed by atoms with Crippen LogP contribution < -0.4 is 0 Å². The maximum atomic E-state index is 13.0. The second-order valence-corrected chi connectivity index (χ2v) is 9.43. The summed E-state index contributed by atoms with van der Waals surface area (Å²) in [6, 6.07) is 5.69. The second-order valence-electron chi connectivity index (χ2n) is 8.65. The van der Waals surface area contributed by atoms with Crippen molar-refractivity contribution in [3.05, 3.63) is 33.8 Å². The first-order valence-electron chi connectivity index (χ1n) is 9.95. The third-order valence-electron chi connectivity index (χ3n) is 6.46. The van der Waals surface area contributed by atoms with Crippen molar-refractivity contribution < 1.29 is 9.53 Å². The van der Waals surface area contributed by atoms with Crippen molar-refractivity contribution in [1.29, 1.82) is 0 Å². The Kier molecular flexibility index (Phi) is 5.71. The molecule has 1 aliphatic heterocycles. The van der Waals surface area contributed by atoms with E-state index in [4.69, 9.17) is 27.9 Å². The van der Waals surface area contributed by atoms with Gasteiger partial charge in [-0.2, -0.15) is 0 Å². The van der Waals surface area contributed by atoms with E-state index in [1.165, 1.54) is 12.8 Å². The molecule has 0 aromatic heterocycles. The van der Waals surface area contributed by atoms with Gasteiger partial charge in [0, 0.05) is 25.7 Å². The maximum absolute atomic E-state index is 13.0. The fourth-order valence-electron chi connectivity index (χ4n) is 4.66. The third-order valence-corrected chi connectivity index (χ3v) is 7.28. The van der Waals surface area contributed by atoms with E-state index in [1.54, 1.807) is 18.2 Å². The van der Waals surface area contributed by atoms with Crippen LogP contribution in [0.1, 0.15) is 36.0 Å². The summed E-state index contributed by atoms with van der Waals surface area (Å²) in [4.78, 5) is 17.3. The van der Waals surface area contributed by atoms with E-state index in [1.807, 2.05) is 4.90 Å². The molecule has 1 aromatic rings. The number of hydrogen-bond donors (Lipinski definition) is 0. The first kappa shape index (κ1) is 19.5. The van der Waals surface area contributed by atoms with Crippen molar-refractivity contribution >= 4 is 29.1 Å². The van der Waals surface area contributed by atoms with Crippen LogP contribution in [0.4, 0.5) is 0 Å². The van der Waals surface area contributed by atoms with E-state index >= 15 is 0 Å². The number of likely N-dealkylation sites (N-methyl/N-ethyl adjacent to an activating group) is 1. The highest BCUT2D eigenvalue weighted by Crippen LogP contribution is 2.41. The summed E-state index contributed by atoms with van der Waals surface area (Å²) < 4.78 is 6.32. The third kappa shape index (κ3) is 4.14. The number of fused-ring (bicyclic) bond motifs is 1. The average molecular weight is 411 g/mol. The van der Waals surface area contributed by atoms with E-state index in [0.29, 0.717) is 33.5 Å². The molecule has 0 spiro atoms. The number of rotatable bonds is 5. The maximum Gasteiger partial charge on any atom is 0.255 e. The summed E-state index contributed by atoms with van der Waals surface area (Å²) in [6.45, 7) is 2.48. The number of halogens is 2. The molecule has 1 amide bonds. The van der Waals surface area contributed by atoms with Gasteiger partial charge in [-0.15, -0.1) is 0 Å². The summed E-state index contributed by atoms with van der Waals surface area (Å²) >= 11 is 12.4. The van der Waals surface area contributed by atoms with Crippen molar-refractivity contribution in [3.8, 4) is 0 Å². The summed E-state index contributed by atoms with van der Waals surface area (Å²) in [6.07, 6.45) is 5.02. The van der Waals surface area contributed by atoms with E-state index in [9.17, 15) is 4.79 Å². The topological polar surface area (TPSA) is 32.8 Å². The van der Waals surface area contributed by atoms with Gasteiger partial charge in [-0.1, -0.05) is 29.3 Å². The predicted octanol–water partition coefficient (Wildman–Crippen LogP) is 4.20. The molecule has 27 heavy (non-hydrogen) atoms. The average Bonchev–Trinajstić information content (AvgIpc) is 3.38. The number of ether oxygens (including phenoxy) is 1. The largest absolute Gasteiger partial charge is 0.376 e. The Morgan fingerprint density at radius 3 is 2.56 bits per heavy atom. The molecule has 0 N–H and O–H groups in total. The van der Waals surface area contributed by atoms with Gasteiger partial charge in [-0.3, -0.25) is 4.79 Å². The number of carbonyl (C=O) groups is 1. The standard InChI is InChI=1S/C21H28Cl2N2O2/c1-24(2)18-8-14-10-25(21(26)16-4-3-5-17(22)20(16)23)11-15(14)9-19(18)27-12-13-6-7-13/h3-5,13-15,18-19H,6-12H2,1-2H3/t14-,15+,18-,19-/m1/s1. The van der Waals surface area contributed by atoms with Crippen molar-refractivity contribution in [1.82, 2.24) is 9.80 Å². The number of hydrogen-bond acceptors (Lipinski definition) is 3. The van der Waals surface area contributed by atoms with Crippen LogP contribution in [0.2, 0.25) is 10.0 Å². The van der Waals surface area contributed by atoms with Crippen molar-refractivity contribution in [2.45, 2.75) is 37.8 Å². The lowest BCUT2D eigenvalue weighted by atomic mass is 9.77. The molecule has 4 atom stereocenters. The molecule has 0 radical (unpaired) electrons. The Bertz CT molecular complexity index is 707. The fourth-order valence-corrected chi connectivity index (χ4v) is 5.04. The molecule has 4 rings (SSSR count). The van der Waals surface area contributed by atoms with Gasteiger partial charge in [0.25, 0.3) is 5.91 Å². The van der Waals surface area contributed by atoms with Gasteiger partial charge in [0.2, 0.25) is 0 Å². The van der Waals surface area contributed by atoms with E-state index < -0.39 is 0 Å². The minimum absolute atomic E-state index is 0.00579. The van der Waals surface area contributed by atoms with Crippen LogP contribution in [0.15, 0.2) is 18.2 Å². The van der Waals surface area contributed by atoms with Crippen LogP contribution in [0.25, 0.3) is 0 Å². The normalized spacial score (nSPS) is 30.6. The van der Waals surface area contributed by atoms with Crippen LogP contribution in [-0.4, -0.2) is 61.6 Å². The molecule has 1 aromatic carbocycles. The summed E-state index contributed by atoms with van der Waals surface area (Å²) in [5, 5.41) is 0.788. The highest BCUT2D eigenvalue weighted by atomic mass is 35.5. The highest BCUT2D eigenvalue weighted by Gasteiger charge is 2.45. The molecule has 3 aliphatic rings. The highest BCUT2D eigenvalue weighted by molar-refractivity contribution is 6.43. The SMILES string of the molecule is CN(C)[C@@H]1C[C@@H]2CN(C(=O)c3cccc(Cl)c3Cl)C[C@@H]2C[C@H]1OCC1CC1. The number of benzene rings is 1. The van der Waals surface area contributed by atoms with Gasteiger partial charge in [0.05, 0.1) is 21.7 Å². The molecular weight excluding hydrogens is 383 g/mol. The molecule has 148 valence electrons. The predicted molar refractivity (Wildman–Crippen MR) is 109 cm³/mol. The second kappa shape index (κ2) is 7.90. The van der Waals surface area contributed by atoms with Crippen molar-refractivity contribution in [3.63, 3.8) is 0 Å². The van der Waals surface area contributed by atoms with Gasteiger partial charge in [0.15, 0.2) is 0 Å². The van der Waals surface area contributed by atoms with Crippen molar-refractivity contribution in [2.24, 2.45) is 17.8 Å². The van der Waals surface area contributed by atoms with E-state index in [0.717, 1.165) is 38.5 Å². The Labute approximate surface area is 171 Å². The first-order valence-corrected chi connectivity index (χ1v) is 10.7. The number of carbonyl (C=O) groups excluding carboxylic acids is 1. The summed E-state index contributed by atoms with van der Waals surface area (Å²) in [5.74, 6) is 1.80. The smallest absolute Gasteiger partial charge is 0.255 e. The first-order chi connectivity index (χ1) is 12.9. The molecule has 4 nitrogen and oxygen atoms in total. The summed E-state index contributed by atoms with van der Waals surface area (Å²) in [5.41, 5.74) is 0.508. The van der Waals surface area contributed by atoms with Gasteiger partial charge in [-0.25, -0.2) is 0 Å². The van der Waals surface area contributed by atoms with Gasteiger partial charge in [0.1, 0.15) is 0 Å². The molecule has 6 heteroatoms. The van der Waals surface area contributed by atoms with Crippen LogP contribution in [0, 0.1) is 17.8 Å². The lowest BCUT2D eigenvalue weighted by Gasteiger charge is -2.41. The number of likely N-dealkylation sites (tertiary alicyclic amines) is 1. The molecule has 2 saturated carbocycles. The van der Waals surface area contributed by atoms with Crippen LogP contribution in [0.5, 0.6) is 0 Å². The van der Waals surface area contributed by atoms with E-state index in [2.05, 4.69) is 19.0 Å². The van der Waals surface area contributed by atoms with Crippen LogP contribution >= 0.6 is 23.2 Å². The van der Waals surface area contributed by atoms with Gasteiger partial charge >= 0.3 is 0 Å². The molecule has 1 saturated heterocycles. The van der Waals surface area contributed by atoms with Crippen LogP contribution in [-0.2, 0) is 4.74 Å². The number of nitrogens with zero attached hydrogens (tertiary/aromatic N) is 2. The molecule has 0 bridgehead atoms. The lowest BCUT2D eigenvalue weighted by Crippen LogP contribution is -2.48. The Morgan fingerprint density at radius 2 is 1.89 bits per heavy atom. The Morgan fingerprint density at radius 1 is 1.19 bits per heavy atom. The minimum atomic E-state index is -0.00579. The zero-order chi connectivity index (χ0) is 19.1. The molecule has 2 aliphatic carbocycles. The molecular formula is C21H28Cl2N2O2. The Hall–Kier alpha value is -0.810. The minimum Gasteiger partial charge on any atom is -0.376 e. The van der Waals surface area contributed by atoms with Gasteiger partial charge < -0.3 is 14.5 Å². The zero-order valence-electron chi connectivity index (χ0n) is 16.0. The molecule has 0 unspecified atom stereocenters. The lowest BCUT2D eigenvalue weighted by molar-refractivity contribution is -0.0493. The molecule has 3 fully saturated rings. The number of amides is 1. The van der Waals surface area contributed by atoms with Gasteiger partial charge in [-0.05, 0) is 69.7 Å². The van der Waals surface area contributed by atoms with Crippen molar-refractivity contribution in [2.75, 3.05) is 33.8 Å². The molecule has 1 heterocycles. The summed E-state index contributed by atoms with van der Waals surface area (Å²) in [7, 11) is 4.28. The quantitative estimate of drug-likeness (QED) is 0.728.